The molecule has 5 rings (SSSR count). The molecule has 0 radical (unpaired) electrons. The molecule has 4 nitrogen and oxygen atoms in total. The number of benzene rings is 1. The van der Waals surface area contributed by atoms with Crippen LogP contribution in [0.5, 0.6) is 0 Å². The van der Waals surface area contributed by atoms with E-state index in [9.17, 15) is 0 Å². The van der Waals surface area contributed by atoms with E-state index < -0.39 is 0 Å². The fraction of sp³-hybridized carbons (Fsp3) is 0.222. The van der Waals surface area contributed by atoms with Crippen LogP contribution < -0.4 is 14.8 Å². The van der Waals surface area contributed by atoms with Gasteiger partial charge in [0.1, 0.15) is 0 Å². The lowest BCUT2D eigenvalue weighted by atomic mass is 9.55. The van der Waals surface area contributed by atoms with Crippen molar-refractivity contribution in [3.8, 4) is 5.82 Å². The molecule has 0 N–H and O–H groups in total. The van der Waals surface area contributed by atoms with E-state index in [2.05, 4.69) is 76.1 Å². The van der Waals surface area contributed by atoms with Crippen LogP contribution >= 0.6 is 0 Å². The zero-order valence-electron chi connectivity index (χ0n) is 13.6. The third-order valence-corrected chi connectivity index (χ3v) is 5.18. The van der Waals surface area contributed by atoms with Gasteiger partial charge >= 0.3 is 6.85 Å². The topological polar surface area (TPSA) is 24.9 Å². The van der Waals surface area contributed by atoms with Gasteiger partial charge in [0.05, 0.1) is 12.4 Å². The fourth-order valence-corrected chi connectivity index (χ4v) is 4.15. The second kappa shape index (κ2) is 4.25. The van der Waals surface area contributed by atoms with Gasteiger partial charge in [-0.2, -0.15) is 4.57 Å². The molecule has 0 saturated carbocycles. The molecule has 4 heterocycles. The molecular formula is C18H18BN4+. The molecule has 2 aromatic heterocycles. The highest BCUT2D eigenvalue weighted by Gasteiger charge is 2.45. The molecule has 2 aliphatic rings. The molecule has 3 aromatic rings. The summed E-state index contributed by atoms with van der Waals surface area (Å²) in [5.74, 6) is 3.58. The van der Waals surface area contributed by atoms with Crippen molar-refractivity contribution >= 4 is 23.8 Å². The summed E-state index contributed by atoms with van der Waals surface area (Å²) in [5, 5.41) is 0. The summed E-state index contributed by atoms with van der Waals surface area (Å²) < 4.78 is 4.63. The maximum Gasteiger partial charge on any atom is 0.304 e. The highest BCUT2D eigenvalue weighted by atomic mass is 15.3. The van der Waals surface area contributed by atoms with Gasteiger partial charge in [-0.15, -0.1) is 0 Å². The first kappa shape index (κ1) is 12.9. The Labute approximate surface area is 136 Å². The first-order valence-corrected chi connectivity index (χ1v) is 8.11. The Bertz CT molecular complexity index is 939. The van der Waals surface area contributed by atoms with Gasteiger partial charge in [0.2, 0.25) is 11.6 Å². The number of hydrogen-bond acceptors (Lipinski definition) is 2. The van der Waals surface area contributed by atoms with Gasteiger partial charge in [-0.1, -0.05) is 31.1 Å². The quantitative estimate of drug-likeness (QED) is 0.397. The molecule has 0 fully saturated rings. The lowest BCUT2D eigenvalue weighted by Crippen LogP contribution is -2.53. The smallest absolute Gasteiger partial charge is 0.304 e. The van der Waals surface area contributed by atoms with Gasteiger partial charge in [-0.05, 0) is 31.0 Å². The number of aromatic nitrogens is 3. The van der Waals surface area contributed by atoms with Crippen molar-refractivity contribution in [2.24, 2.45) is 0 Å². The average Bonchev–Trinajstić information content (AvgIpc) is 3.09. The Hall–Kier alpha value is -2.56. The van der Waals surface area contributed by atoms with Gasteiger partial charge in [0.15, 0.2) is 6.54 Å². The molecule has 0 spiro atoms. The highest BCUT2D eigenvalue weighted by Crippen LogP contribution is 2.37. The second-order valence-electron chi connectivity index (χ2n) is 6.57. The Morgan fingerprint density at radius 3 is 2.70 bits per heavy atom. The summed E-state index contributed by atoms with van der Waals surface area (Å²) >= 11 is 0. The molecule has 112 valence electrons. The van der Waals surface area contributed by atoms with Crippen molar-refractivity contribution < 1.29 is 4.57 Å². The van der Waals surface area contributed by atoms with Crippen LogP contribution in [0.2, 0.25) is 6.82 Å². The van der Waals surface area contributed by atoms with Gasteiger partial charge in [0.25, 0.3) is 5.82 Å². The number of aryl methyl sites for hydroxylation is 2. The van der Waals surface area contributed by atoms with E-state index >= 15 is 0 Å². The molecule has 1 aromatic carbocycles. The van der Waals surface area contributed by atoms with Crippen molar-refractivity contribution in [1.82, 2.24) is 9.55 Å². The molecule has 0 saturated heterocycles. The SMILES string of the molecule is CB1c2ccc[n+]3c2-n2c(cnc2C3)N1c1c(C)cccc1C. The lowest BCUT2D eigenvalue weighted by molar-refractivity contribution is -0.673. The van der Waals surface area contributed by atoms with E-state index in [4.69, 9.17) is 0 Å². The second-order valence-corrected chi connectivity index (χ2v) is 6.57. The van der Waals surface area contributed by atoms with Crippen LogP contribution in [0.15, 0.2) is 42.7 Å². The highest BCUT2D eigenvalue weighted by molar-refractivity contribution is 6.78. The first-order valence-electron chi connectivity index (χ1n) is 8.11. The standard InChI is InChI=1S/C18H18BN4/c1-12-6-4-7-13(2)17(12)23-16-10-20-15-11-21-9-5-8-14(19(23)3)18(21)22(15)16/h4-10H,11H2,1-3H3/q+1. The molecule has 2 aliphatic heterocycles. The molecular weight excluding hydrogens is 283 g/mol. The van der Waals surface area contributed by atoms with Crippen LogP contribution in [0.1, 0.15) is 17.0 Å². The van der Waals surface area contributed by atoms with Gasteiger partial charge < -0.3 is 4.81 Å². The van der Waals surface area contributed by atoms with Crippen LogP contribution in [0.4, 0.5) is 11.5 Å². The molecule has 0 unspecified atom stereocenters. The largest absolute Gasteiger partial charge is 0.347 e. The molecule has 0 aliphatic carbocycles. The minimum Gasteiger partial charge on any atom is -0.347 e. The maximum atomic E-state index is 4.69. The molecule has 0 atom stereocenters. The fourth-order valence-electron chi connectivity index (χ4n) is 4.15. The van der Waals surface area contributed by atoms with E-state index in [-0.39, 0.29) is 6.85 Å². The Morgan fingerprint density at radius 2 is 1.91 bits per heavy atom. The van der Waals surface area contributed by atoms with Crippen LogP contribution in [0.25, 0.3) is 5.82 Å². The zero-order valence-corrected chi connectivity index (χ0v) is 13.6. The normalized spacial score (nSPS) is 14.4. The lowest BCUT2D eigenvalue weighted by Gasteiger charge is -2.33. The zero-order chi connectivity index (χ0) is 15.7. The number of anilines is 2. The third kappa shape index (κ3) is 1.52. The average molecular weight is 301 g/mol. The summed E-state index contributed by atoms with van der Waals surface area (Å²) in [6.45, 7) is 7.81. The van der Waals surface area contributed by atoms with E-state index in [1.54, 1.807) is 0 Å². The number of para-hydroxylation sites is 1. The van der Waals surface area contributed by atoms with Crippen LogP contribution in [-0.2, 0) is 6.54 Å². The van der Waals surface area contributed by atoms with Gasteiger partial charge in [0, 0.05) is 11.2 Å². The van der Waals surface area contributed by atoms with Crippen LogP contribution in [0, 0.1) is 13.8 Å². The van der Waals surface area contributed by atoms with E-state index in [0.29, 0.717) is 0 Å². The van der Waals surface area contributed by atoms with Crippen LogP contribution in [0.3, 0.4) is 0 Å². The van der Waals surface area contributed by atoms with Crippen molar-refractivity contribution in [2.75, 3.05) is 4.81 Å². The first-order chi connectivity index (χ1) is 11.2. The minimum atomic E-state index is 0.285. The number of nitrogens with zero attached hydrogens (tertiary/aromatic N) is 4. The number of pyridine rings is 1. The number of hydrogen-bond donors (Lipinski definition) is 0. The van der Waals surface area contributed by atoms with Crippen molar-refractivity contribution in [2.45, 2.75) is 27.2 Å². The molecule has 23 heavy (non-hydrogen) atoms. The molecule has 5 heteroatoms. The van der Waals surface area contributed by atoms with Crippen LogP contribution in [-0.4, -0.2) is 16.4 Å². The summed E-state index contributed by atoms with van der Waals surface area (Å²) in [6.07, 6.45) is 4.18. The van der Waals surface area contributed by atoms with E-state index in [1.165, 1.54) is 33.9 Å². The Kier molecular flexibility index (Phi) is 2.39. The molecule has 0 amide bonds. The third-order valence-electron chi connectivity index (χ3n) is 5.18. The summed E-state index contributed by atoms with van der Waals surface area (Å²) in [5.41, 5.74) is 5.27. The summed E-state index contributed by atoms with van der Waals surface area (Å²) in [4.78, 5) is 7.13. The predicted octanol–water partition coefficient (Wildman–Crippen LogP) is 2.12. The van der Waals surface area contributed by atoms with Crippen molar-refractivity contribution in [1.29, 1.82) is 0 Å². The minimum absolute atomic E-state index is 0.285. The Balaban J connectivity index is 1.84. The molecule has 0 bridgehead atoms. The summed E-state index contributed by atoms with van der Waals surface area (Å²) in [6, 6.07) is 10.9. The van der Waals surface area contributed by atoms with Gasteiger partial charge in [-0.25, -0.2) is 9.55 Å². The van der Waals surface area contributed by atoms with Crippen molar-refractivity contribution in [3.05, 3.63) is 59.7 Å². The number of rotatable bonds is 1. The van der Waals surface area contributed by atoms with Gasteiger partial charge in [-0.3, -0.25) is 0 Å². The summed E-state index contributed by atoms with van der Waals surface area (Å²) in [7, 11) is 0. The van der Waals surface area contributed by atoms with Crippen molar-refractivity contribution in [3.63, 3.8) is 0 Å². The number of imidazole rings is 1. The Morgan fingerprint density at radius 1 is 1.13 bits per heavy atom. The van der Waals surface area contributed by atoms with E-state index in [1.807, 2.05) is 6.20 Å². The van der Waals surface area contributed by atoms with E-state index in [0.717, 1.165) is 12.4 Å². The maximum absolute atomic E-state index is 4.69. The predicted molar refractivity (Wildman–Crippen MR) is 92.2 cm³/mol. The monoisotopic (exact) mass is 301 g/mol.